The van der Waals surface area contributed by atoms with Crippen LogP contribution in [-0.4, -0.2) is 22.3 Å². The van der Waals surface area contributed by atoms with E-state index in [1.165, 1.54) is 0 Å². The average molecular weight is 135 g/mol. The van der Waals surface area contributed by atoms with Crippen LogP contribution in [0.25, 0.3) is 0 Å². The molecule has 0 bridgehead atoms. The second-order valence-electron chi connectivity index (χ2n) is 2.44. The molecule has 0 aliphatic carbocycles. The van der Waals surface area contributed by atoms with Crippen molar-refractivity contribution < 1.29 is 0 Å². The van der Waals surface area contributed by atoms with Crippen LogP contribution in [0.4, 0.5) is 0 Å². The number of rotatable bonds is 0. The molecule has 3 nitrogen and oxygen atoms in total. The average Bonchev–Trinajstić information content (AvgIpc) is 2.34. The molecule has 1 aliphatic heterocycles. The maximum atomic E-state index is 4.17. The summed E-state index contributed by atoms with van der Waals surface area (Å²) in [6, 6.07) is 0. The molecule has 0 aromatic carbocycles. The highest BCUT2D eigenvalue weighted by atomic mass is 15.1. The Labute approximate surface area is 59.4 Å². The lowest BCUT2D eigenvalue weighted by atomic mass is 10.3. The van der Waals surface area contributed by atoms with Gasteiger partial charge in [-0.05, 0) is 6.92 Å². The second kappa shape index (κ2) is 1.94. The first-order chi connectivity index (χ1) is 4.88. The smallest absolute Gasteiger partial charge is 0.0955 e. The van der Waals surface area contributed by atoms with Gasteiger partial charge >= 0.3 is 0 Å². The fraction of sp³-hybridized carbons (Fsp3) is 0.429. The first-order valence-electron chi connectivity index (χ1n) is 3.39. The third-order valence-electron chi connectivity index (χ3n) is 1.75. The summed E-state index contributed by atoms with van der Waals surface area (Å²) in [6.45, 7) is 3.87. The molecule has 0 radical (unpaired) electrons. The van der Waals surface area contributed by atoms with E-state index in [4.69, 9.17) is 0 Å². The van der Waals surface area contributed by atoms with E-state index in [0.29, 0.717) is 0 Å². The molecule has 1 aromatic heterocycles. The molecule has 2 heterocycles. The van der Waals surface area contributed by atoms with Crippen molar-refractivity contribution in [3.8, 4) is 0 Å². The summed E-state index contributed by atoms with van der Waals surface area (Å²) >= 11 is 0. The van der Waals surface area contributed by atoms with Crippen molar-refractivity contribution in [3.05, 3.63) is 17.7 Å². The van der Waals surface area contributed by atoms with Crippen LogP contribution in [0.2, 0.25) is 0 Å². The van der Waals surface area contributed by atoms with E-state index in [-0.39, 0.29) is 0 Å². The van der Waals surface area contributed by atoms with Crippen LogP contribution in [0.15, 0.2) is 11.3 Å². The zero-order chi connectivity index (χ0) is 6.97. The molecule has 0 atom stereocenters. The van der Waals surface area contributed by atoms with Crippen molar-refractivity contribution in [1.29, 1.82) is 0 Å². The minimum atomic E-state index is 0.892. The standard InChI is InChI=1S/C7H9N3/c1-6-7-4-8-2-3-10(7)5-9-6/h4-5H,2-3H2,1H3. The minimum absolute atomic E-state index is 0.892. The zero-order valence-electron chi connectivity index (χ0n) is 5.91. The second-order valence-corrected chi connectivity index (χ2v) is 2.44. The Balaban J connectivity index is 2.57. The van der Waals surface area contributed by atoms with Gasteiger partial charge in [-0.3, -0.25) is 4.99 Å². The molecule has 0 N–H and O–H groups in total. The summed E-state index contributed by atoms with van der Waals surface area (Å²) in [6.07, 6.45) is 3.77. The number of hydrogen-bond acceptors (Lipinski definition) is 2. The topological polar surface area (TPSA) is 30.2 Å². The monoisotopic (exact) mass is 135 g/mol. The number of aryl methyl sites for hydroxylation is 1. The molecular weight excluding hydrogens is 126 g/mol. The van der Waals surface area contributed by atoms with Gasteiger partial charge in [-0.2, -0.15) is 0 Å². The Bertz CT molecular complexity index is 272. The van der Waals surface area contributed by atoms with Crippen molar-refractivity contribution in [2.24, 2.45) is 4.99 Å². The number of aromatic nitrogens is 2. The largest absolute Gasteiger partial charge is 0.328 e. The summed E-state index contributed by atoms with van der Waals surface area (Å²) in [4.78, 5) is 8.34. The third kappa shape index (κ3) is 0.667. The third-order valence-corrected chi connectivity index (χ3v) is 1.75. The quantitative estimate of drug-likeness (QED) is 0.513. The summed E-state index contributed by atoms with van der Waals surface area (Å²) < 4.78 is 2.13. The predicted molar refractivity (Wildman–Crippen MR) is 39.4 cm³/mol. The molecule has 0 fully saturated rings. The van der Waals surface area contributed by atoms with Crippen LogP contribution in [0, 0.1) is 6.92 Å². The fourth-order valence-electron chi connectivity index (χ4n) is 1.15. The molecular formula is C7H9N3. The van der Waals surface area contributed by atoms with Gasteiger partial charge in [0.25, 0.3) is 0 Å². The molecule has 0 unspecified atom stereocenters. The molecule has 0 saturated heterocycles. The van der Waals surface area contributed by atoms with Crippen LogP contribution < -0.4 is 0 Å². The summed E-state index contributed by atoms with van der Waals surface area (Å²) in [5.41, 5.74) is 2.23. The highest BCUT2D eigenvalue weighted by molar-refractivity contribution is 5.79. The summed E-state index contributed by atoms with van der Waals surface area (Å²) in [5, 5.41) is 0. The van der Waals surface area contributed by atoms with Gasteiger partial charge in [0, 0.05) is 12.8 Å². The molecule has 3 heteroatoms. The van der Waals surface area contributed by atoms with E-state index < -0.39 is 0 Å². The molecule has 0 spiro atoms. The van der Waals surface area contributed by atoms with Crippen molar-refractivity contribution in [2.75, 3.05) is 6.54 Å². The Morgan fingerprint density at radius 1 is 1.60 bits per heavy atom. The Hall–Kier alpha value is -1.12. The number of imidazole rings is 1. The van der Waals surface area contributed by atoms with Gasteiger partial charge in [-0.1, -0.05) is 0 Å². The van der Waals surface area contributed by atoms with E-state index in [2.05, 4.69) is 14.5 Å². The Morgan fingerprint density at radius 3 is 3.30 bits per heavy atom. The molecule has 2 rings (SSSR count). The number of hydrogen-bond donors (Lipinski definition) is 0. The van der Waals surface area contributed by atoms with Crippen molar-refractivity contribution in [3.63, 3.8) is 0 Å². The highest BCUT2D eigenvalue weighted by Gasteiger charge is 2.06. The first-order valence-corrected chi connectivity index (χ1v) is 3.39. The van der Waals surface area contributed by atoms with E-state index in [9.17, 15) is 0 Å². The molecule has 1 aliphatic rings. The maximum Gasteiger partial charge on any atom is 0.0955 e. The van der Waals surface area contributed by atoms with Gasteiger partial charge in [0.2, 0.25) is 0 Å². The zero-order valence-corrected chi connectivity index (χ0v) is 5.91. The predicted octanol–water partition coefficient (Wildman–Crippen LogP) is 0.624. The van der Waals surface area contributed by atoms with E-state index in [1.807, 2.05) is 19.5 Å². The Kier molecular flexibility index (Phi) is 1.09. The summed E-state index contributed by atoms with van der Waals surface area (Å²) in [7, 11) is 0. The van der Waals surface area contributed by atoms with Crippen LogP contribution in [0.3, 0.4) is 0 Å². The van der Waals surface area contributed by atoms with Crippen LogP contribution in [0.5, 0.6) is 0 Å². The molecule has 10 heavy (non-hydrogen) atoms. The van der Waals surface area contributed by atoms with Crippen LogP contribution in [0.1, 0.15) is 11.4 Å². The van der Waals surface area contributed by atoms with E-state index in [0.717, 1.165) is 24.5 Å². The van der Waals surface area contributed by atoms with Gasteiger partial charge in [0.05, 0.1) is 24.3 Å². The number of nitrogens with zero attached hydrogens (tertiary/aromatic N) is 3. The van der Waals surface area contributed by atoms with E-state index >= 15 is 0 Å². The normalized spacial score (nSPS) is 15.3. The maximum absolute atomic E-state index is 4.17. The summed E-state index contributed by atoms with van der Waals surface area (Å²) in [5.74, 6) is 0. The molecule has 0 saturated carbocycles. The van der Waals surface area contributed by atoms with E-state index in [1.54, 1.807) is 0 Å². The van der Waals surface area contributed by atoms with Gasteiger partial charge in [-0.25, -0.2) is 4.98 Å². The van der Waals surface area contributed by atoms with Gasteiger partial charge < -0.3 is 4.57 Å². The number of fused-ring (bicyclic) bond motifs is 1. The van der Waals surface area contributed by atoms with Crippen molar-refractivity contribution in [1.82, 2.24) is 9.55 Å². The lowest BCUT2D eigenvalue weighted by molar-refractivity contribution is 0.690. The molecule has 0 amide bonds. The molecule has 1 aromatic rings. The van der Waals surface area contributed by atoms with Crippen molar-refractivity contribution in [2.45, 2.75) is 13.5 Å². The fourth-order valence-corrected chi connectivity index (χ4v) is 1.15. The molecule has 52 valence electrons. The van der Waals surface area contributed by atoms with Crippen LogP contribution >= 0.6 is 0 Å². The Morgan fingerprint density at radius 2 is 2.50 bits per heavy atom. The lowest BCUT2D eigenvalue weighted by Crippen LogP contribution is -2.09. The van der Waals surface area contributed by atoms with Gasteiger partial charge in [0.1, 0.15) is 0 Å². The number of aliphatic imine (C=N–C) groups is 1. The van der Waals surface area contributed by atoms with Gasteiger partial charge in [0.15, 0.2) is 0 Å². The minimum Gasteiger partial charge on any atom is -0.328 e. The highest BCUT2D eigenvalue weighted by Crippen LogP contribution is 2.06. The first kappa shape index (κ1) is 5.65. The van der Waals surface area contributed by atoms with Gasteiger partial charge in [-0.15, -0.1) is 0 Å². The SMILES string of the molecule is Cc1ncn2c1C=NCC2. The lowest BCUT2D eigenvalue weighted by Gasteiger charge is -2.07. The van der Waals surface area contributed by atoms with Crippen LogP contribution in [-0.2, 0) is 6.54 Å². The van der Waals surface area contributed by atoms with Crippen molar-refractivity contribution >= 4 is 6.21 Å².